The van der Waals surface area contributed by atoms with Gasteiger partial charge in [-0.05, 0) is 54.9 Å². The minimum absolute atomic E-state index is 0.0118. The molecular formula is C20H24N2O3. The zero-order chi connectivity index (χ0) is 17.6. The molecular weight excluding hydrogens is 316 g/mol. The van der Waals surface area contributed by atoms with Crippen LogP contribution in [0.15, 0.2) is 47.1 Å². The molecule has 3 rings (SSSR count). The second-order valence-corrected chi connectivity index (χ2v) is 6.70. The SMILES string of the molecule is NC(=O)CCc1ccc(CC2CCN(C(=O)c3ccco3)CC2)cc1. The highest BCUT2D eigenvalue weighted by Gasteiger charge is 2.25. The highest BCUT2D eigenvalue weighted by molar-refractivity contribution is 5.91. The number of amides is 2. The van der Waals surface area contributed by atoms with Crippen molar-refractivity contribution >= 4 is 11.8 Å². The topological polar surface area (TPSA) is 76.5 Å². The number of likely N-dealkylation sites (tertiary alicyclic amines) is 1. The zero-order valence-corrected chi connectivity index (χ0v) is 14.3. The van der Waals surface area contributed by atoms with E-state index in [-0.39, 0.29) is 11.8 Å². The summed E-state index contributed by atoms with van der Waals surface area (Å²) in [6, 6.07) is 11.9. The molecule has 132 valence electrons. The van der Waals surface area contributed by atoms with E-state index in [1.807, 2.05) is 4.90 Å². The lowest BCUT2D eigenvalue weighted by molar-refractivity contribution is -0.117. The highest BCUT2D eigenvalue weighted by Crippen LogP contribution is 2.23. The van der Waals surface area contributed by atoms with Gasteiger partial charge in [-0.1, -0.05) is 24.3 Å². The number of carbonyl (C=O) groups is 2. The molecule has 1 aromatic carbocycles. The predicted molar refractivity (Wildman–Crippen MR) is 95.0 cm³/mol. The fourth-order valence-corrected chi connectivity index (χ4v) is 3.34. The quantitative estimate of drug-likeness (QED) is 0.878. The fourth-order valence-electron chi connectivity index (χ4n) is 3.34. The van der Waals surface area contributed by atoms with E-state index in [1.165, 1.54) is 11.8 Å². The first-order valence-corrected chi connectivity index (χ1v) is 8.80. The number of rotatable bonds is 6. The summed E-state index contributed by atoms with van der Waals surface area (Å²) in [6.45, 7) is 1.56. The second-order valence-electron chi connectivity index (χ2n) is 6.70. The van der Waals surface area contributed by atoms with Crippen LogP contribution in [-0.2, 0) is 17.6 Å². The molecule has 1 saturated heterocycles. The zero-order valence-electron chi connectivity index (χ0n) is 14.3. The number of hydrogen-bond acceptors (Lipinski definition) is 3. The summed E-state index contributed by atoms with van der Waals surface area (Å²) in [4.78, 5) is 25.0. The minimum Gasteiger partial charge on any atom is -0.459 e. The van der Waals surface area contributed by atoms with Gasteiger partial charge in [-0.15, -0.1) is 0 Å². The molecule has 5 heteroatoms. The van der Waals surface area contributed by atoms with Crippen molar-refractivity contribution in [1.82, 2.24) is 4.90 Å². The molecule has 2 amide bonds. The maximum absolute atomic E-state index is 12.3. The Bertz CT molecular complexity index is 699. The summed E-state index contributed by atoms with van der Waals surface area (Å²) in [6.07, 6.45) is 5.67. The number of aryl methyl sites for hydroxylation is 1. The number of piperidine rings is 1. The third kappa shape index (κ3) is 4.72. The Hall–Kier alpha value is -2.56. The molecule has 1 fully saturated rings. The van der Waals surface area contributed by atoms with Gasteiger partial charge >= 0.3 is 0 Å². The third-order valence-electron chi connectivity index (χ3n) is 4.84. The average Bonchev–Trinajstić information content (AvgIpc) is 3.16. The molecule has 1 aliphatic heterocycles. The molecule has 0 radical (unpaired) electrons. The predicted octanol–water partition coefficient (Wildman–Crippen LogP) is 2.79. The summed E-state index contributed by atoms with van der Waals surface area (Å²) in [5.74, 6) is 0.740. The molecule has 25 heavy (non-hydrogen) atoms. The monoisotopic (exact) mass is 340 g/mol. The van der Waals surface area contributed by atoms with E-state index >= 15 is 0 Å². The van der Waals surface area contributed by atoms with Crippen LogP contribution in [-0.4, -0.2) is 29.8 Å². The maximum Gasteiger partial charge on any atom is 0.289 e. The van der Waals surface area contributed by atoms with Crippen LogP contribution in [0.3, 0.4) is 0 Å². The second kappa shape index (κ2) is 8.01. The van der Waals surface area contributed by atoms with Gasteiger partial charge in [0, 0.05) is 19.5 Å². The van der Waals surface area contributed by atoms with Gasteiger partial charge in [-0.25, -0.2) is 0 Å². The van der Waals surface area contributed by atoms with Gasteiger partial charge in [0.05, 0.1) is 6.26 Å². The number of carbonyl (C=O) groups excluding carboxylic acids is 2. The average molecular weight is 340 g/mol. The number of primary amides is 1. The number of nitrogens with two attached hydrogens (primary N) is 1. The van der Waals surface area contributed by atoms with Crippen LogP contribution in [0.25, 0.3) is 0 Å². The normalized spacial score (nSPS) is 15.3. The van der Waals surface area contributed by atoms with Crippen molar-refractivity contribution in [2.45, 2.75) is 32.1 Å². The number of nitrogens with zero attached hydrogens (tertiary/aromatic N) is 1. The van der Waals surface area contributed by atoms with Crippen molar-refractivity contribution < 1.29 is 14.0 Å². The molecule has 0 spiro atoms. The van der Waals surface area contributed by atoms with E-state index in [1.54, 1.807) is 12.1 Å². The largest absolute Gasteiger partial charge is 0.459 e. The molecule has 1 aliphatic rings. The van der Waals surface area contributed by atoms with Crippen molar-refractivity contribution in [2.75, 3.05) is 13.1 Å². The molecule has 2 aromatic rings. The smallest absolute Gasteiger partial charge is 0.289 e. The van der Waals surface area contributed by atoms with Gasteiger partial charge < -0.3 is 15.1 Å². The minimum atomic E-state index is -0.264. The molecule has 2 N–H and O–H groups in total. The first-order chi connectivity index (χ1) is 12.1. The maximum atomic E-state index is 12.3. The van der Waals surface area contributed by atoms with Gasteiger partial charge in [0.25, 0.3) is 5.91 Å². The van der Waals surface area contributed by atoms with Crippen molar-refractivity contribution in [3.05, 3.63) is 59.5 Å². The number of benzene rings is 1. The van der Waals surface area contributed by atoms with E-state index in [0.29, 0.717) is 24.5 Å². The Kier molecular flexibility index (Phi) is 5.53. The summed E-state index contributed by atoms with van der Waals surface area (Å²) in [5.41, 5.74) is 7.63. The lowest BCUT2D eigenvalue weighted by Gasteiger charge is -2.31. The highest BCUT2D eigenvalue weighted by atomic mass is 16.3. The van der Waals surface area contributed by atoms with Crippen LogP contribution in [0.5, 0.6) is 0 Å². The summed E-state index contributed by atoms with van der Waals surface area (Å²) in [5, 5.41) is 0. The van der Waals surface area contributed by atoms with Gasteiger partial charge in [0.15, 0.2) is 5.76 Å². The van der Waals surface area contributed by atoms with Gasteiger partial charge in [-0.2, -0.15) is 0 Å². The fraction of sp³-hybridized carbons (Fsp3) is 0.400. The van der Waals surface area contributed by atoms with E-state index in [9.17, 15) is 9.59 Å². The molecule has 0 saturated carbocycles. The Morgan fingerprint density at radius 1 is 1.08 bits per heavy atom. The standard InChI is InChI=1S/C20H24N2O3/c21-19(23)8-7-15-3-5-16(6-4-15)14-17-9-11-22(12-10-17)20(24)18-2-1-13-25-18/h1-6,13,17H,7-12,14H2,(H2,21,23). The van der Waals surface area contributed by atoms with Crippen LogP contribution < -0.4 is 5.73 Å². The van der Waals surface area contributed by atoms with Gasteiger partial charge in [0.2, 0.25) is 5.91 Å². The Labute approximate surface area is 147 Å². The summed E-state index contributed by atoms with van der Waals surface area (Å²) >= 11 is 0. The third-order valence-corrected chi connectivity index (χ3v) is 4.84. The van der Waals surface area contributed by atoms with Crippen molar-refractivity contribution in [1.29, 1.82) is 0 Å². The molecule has 1 aromatic heterocycles. The molecule has 5 nitrogen and oxygen atoms in total. The molecule has 0 bridgehead atoms. The Balaban J connectivity index is 1.47. The van der Waals surface area contributed by atoms with Crippen LogP contribution in [0.1, 0.15) is 40.9 Å². The lowest BCUT2D eigenvalue weighted by atomic mass is 9.89. The van der Waals surface area contributed by atoms with Crippen molar-refractivity contribution in [3.63, 3.8) is 0 Å². The van der Waals surface area contributed by atoms with E-state index in [4.69, 9.17) is 10.2 Å². The summed E-state index contributed by atoms with van der Waals surface area (Å²) in [7, 11) is 0. The van der Waals surface area contributed by atoms with E-state index < -0.39 is 0 Å². The van der Waals surface area contributed by atoms with E-state index in [0.717, 1.165) is 37.9 Å². The van der Waals surface area contributed by atoms with Crippen LogP contribution >= 0.6 is 0 Å². The number of hydrogen-bond donors (Lipinski definition) is 1. The van der Waals surface area contributed by atoms with Crippen molar-refractivity contribution in [3.8, 4) is 0 Å². The van der Waals surface area contributed by atoms with Crippen LogP contribution in [0, 0.1) is 5.92 Å². The molecule has 0 atom stereocenters. The Morgan fingerprint density at radius 2 is 1.76 bits per heavy atom. The molecule has 0 aliphatic carbocycles. The number of furan rings is 1. The van der Waals surface area contributed by atoms with Gasteiger partial charge in [0.1, 0.15) is 0 Å². The summed E-state index contributed by atoms with van der Waals surface area (Å²) < 4.78 is 5.20. The van der Waals surface area contributed by atoms with Gasteiger partial charge in [-0.3, -0.25) is 9.59 Å². The van der Waals surface area contributed by atoms with E-state index in [2.05, 4.69) is 24.3 Å². The molecule has 0 unspecified atom stereocenters. The van der Waals surface area contributed by atoms with Crippen molar-refractivity contribution in [2.24, 2.45) is 11.7 Å². The lowest BCUT2D eigenvalue weighted by Crippen LogP contribution is -2.38. The first kappa shape index (κ1) is 17.3. The first-order valence-electron chi connectivity index (χ1n) is 8.80. The van der Waals surface area contributed by atoms with Crippen LogP contribution in [0.2, 0.25) is 0 Å². The molecule has 2 heterocycles. The van der Waals surface area contributed by atoms with Crippen LogP contribution in [0.4, 0.5) is 0 Å². The Morgan fingerprint density at radius 3 is 2.36 bits per heavy atom.